The molecule has 0 atom stereocenters. The fourth-order valence-corrected chi connectivity index (χ4v) is 2.57. The van der Waals surface area contributed by atoms with Crippen molar-refractivity contribution in [3.05, 3.63) is 74.0 Å². The van der Waals surface area contributed by atoms with Crippen LogP contribution in [0, 0.1) is 10.6 Å². The van der Waals surface area contributed by atoms with E-state index in [1.54, 1.807) is 30.3 Å². The number of fused-ring (bicyclic) bond motifs is 1. The first-order valence-corrected chi connectivity index (χ1v) is 7.00. The van der Waals surface area contributed by atoms with Crippen molar-refractivity contribution in [1.82, 2.24) is 9.55 Å². The standard InChI is InChI=1S/C15H10ClFN2OS/c16-10-3-6-13-12(7-10)14(20)19(15(21)18-13)8-9-1-4-11(17)5-2-9/h1-7H,8H2,(H,18,21). The molecule has 0 aliphatic rings. The van der Waals surface area contributed by atoms with Gasteiger partial charge in [-0.05, 0) is 48.1 Å². The highest BCUT2D eigenvalue weighted by molar-refractivity contribution is 7.71. The molecule has 0 aliphatic heterocycles. The predicted octanol–water partition coefficient (Wildman–Crippen LogP) is 3.90. The van der Waals surface area contributed by atoms with E-state index in [1.807, 2.05) is 0 Å². The molecule has 2 aromatic carbocycles. The third-order valence-corrected chi connectivity index (χ3v) is 3.76. The van der Waals surface area contributed by atoms with Gasteiger partial charge in [0, 0.05) is 5.02 Å². The average Bonchev–Trinajstić information content (AvgIpc) is 2.46. The smallest absolute Gasteiger partial charge is 0.262 e. The Kier molecular flexibility index (Phi) is 3.61. The summed E-state index contributed by atoms with van der Waals surface area (Å²) in [6, 6.07) is 11.0. The second-order valence-electron chi connectivity index (χ2n) is 4.64. The number of halogens is 2. The van der Waals surface area contributed by atoms with E-state index >= 15 is 0 Å². The molecule has 0 radical (unpaired) electrons. The van der Waals surface area contributed by atoms with Gasteiger partial charge >= 0.3 is 0 Å². The van der Waals surface area contributed by atoms with Crippen LogP contribution in [0.25, 0.3) is 10.9 Å². The van der Waals surface area contributed by atoms with Crippen LogP contribution in [-0.4, -0.2) is 9.55 Å². The highest BCUT2D eigenvalue weighted by Crippen LogP contribution is 2.15. The van der Waals surface area contributed by atoms with Gasteiger partial charge in [0.25, 0.3) is 5.56 Å². The number of hydrogen-bond acceptors (Lipinski definition) is 2. The Labute approximate surface area is 129 Å². The van der Waals surface area contributed by atoms with Crippen molar-refractivity contribution >= 4 is 34.7 Å². The zero-order chi connectivity index (χ0) is 15.0. The minimum absolute atomic E-state index is 0.222. The van der Waals surface area contributed by atoms with Crippen molar-refractivity contribution in [3.63, 3.8) is 0 Å². The van der Waals surface area contributed by atoms with Crippen LogP contribution in [0.1, 0.15) is 5.56 Å². The molecule has 21 heavy (non-hydrogen) atoms. The molecular weight excluding hydrogens is 311 g/mol. The van der Waals surface area contributed by atoms with Crippen LogP contribution in [0.4, 0.5) is 4.39 Å². The molecule has 0 unspecified atom stereocenters. The van der Waals surface area contributed by atoms with Gasteiger partial charge in [0.15, 0.2) is 4.77 Å². The van der Waals surface area contributed by atoms with Crippen molar-refractivity contribution in [2.75, 3.05) is 0 Å². The molecule has 0 saturated heterocycles. The van der Waals surface area contributed by atoms with Gasteiger partial charge in [-0.15, -0.1) is 0 Å². The second kappa shape index (κ2) is 5.42. The number of H-pyrrole nitrogens is 1. The Morgan fingerprint density at radius 3 is 2.62 bits per heavy atom. The maximum absolute atomic E-state index is 12.9. The molecule has 1 aromatic heterocycles. The van der Waals surface area contributed by atoms with Crippen molar-refractivity contribution < 1.29 is 4.39 Å². The number of nitrogens with one attached hydrogen (secondary N) is 1. The Morgan fingerprint density at radius 2 is 1.90 bits per heavy atom. The maximum Gasteiger partial charge on any atom is 0.262 e. The molecule has 3 nitrogen and oxygen atoms in total. The average molecular weight is 321 g/mol. The molecule has 1 heterocycles. The SMILES string of the molecule is O=c1c2cc(Cl)ccc2[nH]c(=S)n1Cc1ccc(F)cc1. The summed E-state index contributed by atoms with van der Waals surface area (Å²) in [6.45, 7) is 0.275. The van der Waals surface area contributed by atoms with Gasteiger partial charge in [-0.3, -0.25) is 9.36 Å². The lowest BCUT2D eigenvalue weighted by Gasteiger charge is -2.08. The summed E-state index contributed by atoms with van der Waals surface area (Å²) in [6.07, 6.45) is 0. The van der Waals surface area contributed by atoms with E-state index < -0.39 is 0 Å². The number of benzene rings is 2. The van der Waals surface area contributed by atoms with E-state index in [0.29, 0.717) is 20.7 Å². The molecule has 0 fully saturated rings. The van der Waals surface area contributed by atoms with E-state index in [-0.39, 0.29) is 17.9 Å². The number of aromatic nitrogens is 2. The molecule has 3 aromatic rings. The summed E-state index contributed by atoms with van der Waals surface area (Å²) in [5.74, 6) is -0.318. The van der Waals surface area contributed by atoms with Gasteiger partial charge in [-0.25, -0.2) is 4.39 Å². The first-order chi connectivity index (χ1) is 10.0. The van der Waals surface area contributed by atoms with Crippen LogP contribution in [-0.2, 0) is 6.54 Å². The number of hydrogen-bond donors (Lipinski definition) is 1. The van der Waals surface area contributed by atoms with E-state index in [9.17, 15) is 9.18 Å². The largest absolute Gasteiger partial charge is 0.332 e. The van der Waals surface area contributed by atoms with Crippen LogP contribution >= 0.6 is 23.8 Å². The highest BCUT2D eigenvalue weighted by Gasteiger charge is 2.07. The van der Waals surface area contributed by atoms with E-state index in [4.69, 9.17) is 23.8 Å². The van der Waals surface area contributed by atoms with Crippen LogP contribution in [0.15, 0.2) is 47.3 Å². The molecule has 0 amide bonds. The summed E-state index contributed by atoms with van der Waals surface area (Å²) in [5, 5.41) is 0.955. The lowest BCUT2D eigenvalue weighted by atomic mass is 10.2. The Hall–Kier alpha value is -1.98. The second-order valence-corrected chi connectivity index (χ2v) is 5.46. The Bertz CT molecular complexity index is 931. The minimum Gasteiger partial charge on any atom is -0.332 e. The molecule has 1 N–H and O–H groups in total. The topological polar surface area (TPSA) is 37.8 Å². The van der Waals surface area contributed by atoms with Gasteiger partial charge in [0.2, 0.25) is 0 Å². The number of rotatable bonds is 2. The van der Waals surface area contributed by atoms with Crippen LogP contribution in [0.2, 0.25) is 5.02 Å². The molecule has 6 heteroatoms. The van der Waals surface area contributed by atoms with E-state index in [0.717, 1.165) is 5.56 Å². The lowest BCUT2D eigenvalue weighted by molar-refractivity contribution is 0.625. The first kappa shape index (κ1) is 14.0. The van der Waals surface area contributed by atoms with E-state index in [2.05, 4.69) is 4.98 Å². The monoisotopic (exact) mass is 320 g/mol. The summed E-state index contributed by atoms with van der Waals surface area (Å²) in [4.78, 5) is 15.5. The zero-order valence-electron chi connectivity index (χ0n) is 10.8. The zero-order valence-corrected chi connectivity index (χ0v) is 12.3. The Morgan fingerprint density at radius 1 is 1.19 bits per heavy atom. The van der Waals surface area contributed by atoms with Gasteiger partial charge in [-0.1, -0.05) is 23.7 Å². The molecule has 106 valence electrons. The highest BCUT2D eigenvalue weighted by atomic mass is 35.5. The number of aromatic amines is 1. The fourth-order valence-electron chi connectivity index (χ4n) is 2.14. The third-order valence-electron chi connectivity index (χ3n) is 3.20. The van der Waals surface area contributed by atoms with Crippen LogP contribution in [0.3, 0.4) is 0 Å². The van der Waals surface area contributed by atoms with Crippen LogP contribution in [0.5, 0.6) is 0 Å². The molecular formula is C15H10ClFN2OS. The summed E-state index contributed by atoms with van der Waals surface area (Å²) >= 11 is 11.2. The van der Waals surface area contributed by atoms with Gasteiger partial charge in [-0.2, -0.15) is 0 Å². The Balaban J connectivity index is 2.16. The first-order valence-electron chi connectivity index (χ1n) is 6.21. The molecule has 3 rings (SSSR count). The number of nitrogens with zero attached hydrogens (tertiary/aromatic N) is 1. The maximum atomic E-state index is 12.9. The van der Waals surface area contributed by atoms with Crippen molar-refractivity contribution in [1.29, 1.82) is 0 Å². The normalized spacial score (nSPS) is 11.0. The quantitative estimate of drug-likeness (QED) is 0.727. The van der Waals surface area contributed by atoms with Gasteiger partial charge in [0.1, 0.15) is 5.82 Å². The minimum atomic E-state index is -0.318. The molecule has 0 spiro atoms. The van der Waals surface area contributed by atoms with Crippen LogP contribution < -0.4 is 5.56 Å². The third kappa shape index (κ3) is 2.75. The summed E-state index contributed by atoms with van der Waals surface area (Å²) < 4.78 is 14.7. The summed E-state index contributed by atoms with van der Waals surface area (Å²) in [7, 11) is 0. The fraction of sp³-hybridized carbons (Fsp3) is 0.0667. The summed E-state index contributed by atoms with van der Waals surface area (Å²) in [5.41, 5.74) is 1.21. The van der Waals surface area contributed by atoms with Gasteiger partial charge in [0.05, 0.1) is 17.4 Å². The molecule has 0 aliphatic carbocycles. The van der Waals surface area contributed by atoms with Crippen molar-refractivity contribution in [2.24, 2.45) is 0 Å². The van der Waals surface area contributed by atoms with Crippen molar-refractivity contribution in [3.8, 4) is 0 Å². The van der Waals surface area contributed by atoms with Gasteiger partial charge < -0.3 is 4.98 Å². The predicted molar refractivity (Wildman–Crippen MR) is 83.9 cm³/mol. The van der Waals surface area contributed by atoms with E-state index in [1.165, 1.54) is 16.7 Å². The molecule has 0 saturated carbocycles. The molecule has 0 bridgehead atoms. The van der Waals surface area contributed by atoms with Crippen molar-refractivity contribution in [2.45, 2.75) is 6.54 Å². The lowest BCUT2D eigenvalue weighted by Crippen LogP contribution is -2.22.